The Balaban J connectivity index is 1.65. The molecular formula is C20H26N2O5. The van der Waals surface area contributed by atoms with E-state index in [0.29, 0.717) is 5.92 Å². The summed E-state index contributed by atoms with van der Waals surface area (Å²) >= 11 is 0. The van der Waals surface area contributed by atoms with Crippen LogP contribution in [0.25, 0.3) is 0 Å². The Bertz CT molecular complexity index is 695. The van der Waals surface area contributed by atoms with Gasteiger partial charge >= 0.3 is 5.97 Å². The molecule has 1 aliphatic heterocycles. The van der Waals surface area contributed by atoms with E-state index in [0.717, 1.165) is 24.8 Å². The predicted molar refractivity (Wildman–Crippen MR) is 97.9 cm³/mol. The van der Waals surface area contributed by atoms with E-state index in [1.54, 1.807) is 11.8 Å². The molecule has 1 saturated carbocycles. The van der Waals surface area contributed by atoms with Gasteiger partial charge in [-0.1, -0.05) is 37.3 Å². The molecule has 2 N–H and O–H groups in total. The number of piperidine rings is 1. The Kier molecular flexibility index (Phi) is 5.79. The van der Waals surface area contributed by atoms with E-state index in [1.165, 1.54) is 7.11 Å². The van der Waals surface area contributed by atoms with Gasteiger partial charge in [-0.2, -0.15) is 0 Å². The summed E-state index contributed by atoms with van der Waals surface area (Å²) in [6.07, 6.45) is 2.43. The minimum absolute atomic E-state index is 0.144. The van der Waals surface area contributed by atoms with Gasteiger partial charge in [-0.3, -0.25) is 9.59 Å². The number of benzene rings is 1. The van der Waals surface area contributed by atoms with Crippen molar-refractivity contribution in [3.05, 3.63) is 35.9 Å². The molecule has 2 fully saturated rings. The van der Waals surface area contributed by atoms with E-state index in [2.05, 4.69) is 5.32 Å². The Hall–Kier alpha value is -2.41. The van der Waals surface area contributed by atoms with Gasteiger partial charge in [0.15, 0.2) is 0 Å². The molecule has 7 heteroatoms. The largest absolute Gasteiger partial charge is 0.480 e. The average Bonchev–Trinajstić information content (AvgIpc) is 3.33. The number of methoxy groups -OCH3 is 1. The highest BCUT2D eigenvalue weighted by atomic mass is 16.5. The number of nitrogens with zero attached hydrogens (tertiary/aromatic N) is 1. The van der Waals surface area contributed by atoms with Gasteiger partial charge in [0, 0.05) is 19.6 Å². The number of carbonyl (C=O) groups is 3. The van der Waals surface area contributed by atoms with E-state index in [1.807, 2.05) is 30.3 Å². The van der Waals surface area contributed by atoms with Crippen LogP contribution in [0.15, 0.2) is 30.3 Å². The molecule has 0 bridgehead atoms. The summed E-state index contributed by atoms with van der Waals surface area (Å²) in [6, 6.07) is 8.29. The number of aliphatic carboxylic acids is 1. The van der Waals surface area contributed by atoms with Gasteiger partial charge in [0.1, 0.15) is 6.04 Å². The van der Waals surface area contributed by atoms with Crippen LogP contribution < -0.4 is 5.32 Å². The second-order valence-corrected chi connectivity index (χ2v) is 7.50. The number of carbonyl (C=O) groups excluding carboxylic acids is 2. The van der Waals surface area contributed by atoms with Crippen molar-refractivity contribution < 1.29 is 24.2 Å². The van der Waals surface area contributed by atoms with Gasteiger partial charge < -0.3 is 20.1 Å². The van der Waals surface area contributed by atoms with Gasteiger partial charge in [-0.25, -0.2) is 4.79 Å². The number of amides is 2. The Labute approximate surface area is 158 Å². The molecule has 0 spiro atoms. The number of nitrogens with one attached hydrogen (secondary N) is 1. The number of hydrogen-bond donors (Lipinski definition) is 2. The first-order valence-corrected chi connectivity index (χ1v) is 9.28. The highest BCUT2D eigenvalue weighted by molar-refractivity contribution is 5.85. The van der Waals surface area contributed by atoms with E-state index in [9.17, 15) is 19.5 Å². The SMILES string of the molecule is COC(C(C)C(=O)NC(Cc1ccccc1)C(=O)O)C1CC2CC2N1C=O. The molecule has 0 radical (unpaired) electrons. The third-order valence-electron chi connectivity index (χ3n) is 5.77. The van der Waals surface area contributed by atoms with Crippen molar-refractivity contribution in [3.63, 3.8) is 0 Å². The van der Waals surface area contributed by atoms with Crippen LogP contribution in [0.2, 0.25) is 0 Å². The van der Waals surface area contributed by atoms with Gasteiger partial charge in [-0.05, 0) is 24.3 Å². The van der Waals surface area contributed by atoms with Gasteiger partial charge in [0.25, 0.3) is 0 Å². The van der Waals surface area contributed by atoms with Crippen molar-refractivity contribution in [1.82, 2.24) is 10.2 Å². The van der Waals surface area contributed by atoms with Crippen LogP contribution in [-0.4, -0.2) is 59.6 Å². The monoisotopic (exact) mass is 374 g/mol. The Morgan fingerprint density at radius 3 is 2.63 bits per heavy atom. The first-order valence-electron chi connectivity index (χ1n) is 9.28. The third-order valence-corrected chi connectivity index (χ3v) is 5.77. The summed E-state index contributed by atoms with van der Waals surface area (Å²) in [7, 11) is 1.53. The highest BCUT2D eigenvalue weighted by Crippen LogP contribution is 2.48. The molecule has 1 aliphatic carbocycles. The molecule has 3 rings (SSSR count). The van der Waals surface area contributed by atoms with Crippen molar-refractivity contribution in [3.8, 4) is 0 Å². The van der Waals surface area contributed by atoms with Gasteiger partial charge in [-0.15, -0.1) is 0 Å². The number of carboxylic acid groups (broad SMARTS) is 1. The van der Waals surface area contributed by atoms with E-state index < -0.39 is 24.0 Å². The van der Waals surface area contributed by atoms with Crippen LogP contribution >= 0.6 is 0 Å². The molecule has 1 saturated heterocycles. The summed E-state index contributed by atoms with van der Waals surface area (Å²) < 4.78 is 5.57. The molecule has 1 aromatic rings. The van der Waals surface area contributed by atoms with Crippen LogP contribution in [0.4, 0.5) is 0 Å². The highest BCUT2D eigenvalue weighted by Gasteiger charge is 2.54. The minimum Gasteiger partial charge on any atom is -0.480 e. The fraction of sp³-hybridized carbons (Fsp3) is 0.550. The van der Waals surface area contributed by atoms with Crippen LogP contribution in [0.1, 0.15) is 25.3 Å². The zero-order valence-electron chi connectivity index (χ0n) is 15.6. The maximum absolute atomic E-state index is 12.7. The van der Waals surface area contributed by atoms with Crippen molar-refractivity contribution in [1.29, 1.82) is 0 Å². The average molecular weight is 374 g/mol. The summed E-state index contributed by atoms with van der Waals surface area (Å²) in [6.45, 7) is 1.72. The zero-order chi connectivity index (χ0) is 19.6. The van der Waals surface area contributed by atoms with E-state index >= 15 is 0 Å². The lowest BCUT2D eigenvalue weighted by Crippen LogP contribution is -2.51. The fourth-order valence-electron chi connectivity index (χ4n) is 4.18. The Morgan fingerprint density at radius 1 is 1.33 bits per heavy atom. The lowest BCUT2D eigenvalue weighted by molar-refractivity contribution is -0.144. The van der Waals surface area contributed by atoms with Gasteiger partial charge in [0.05, 0.1) is 18.1 Å². The summed E-state index contributed by atoms with van der Waals surface area (Å²) in [4.78, 5) is 37.5. The second-order valence-electron chi connectivity index (χ2n) is 7.50. The summed E-state index contributed by atoms with van der Waals surface area (Å²) in [5.41, 5.74) is 0.837. The molecule has 146 valence electrons. The number of carboxylic acids is 1. The normalized spacial score (nSPS) is 26.6. The van der Waals surface area contributed by atoms with Crippen molar-refractivity contribution in [2.45, 2.75) is 50.4 Å². The number of ether oxygens (including phenoxy) is 1. The minimum atomic E-state index is -1.08. The standard InChI is InChI=1S/C20H26N2O5/c1-12(18(27-2)17-10-14-9-16(14)22(17)11-23)19(24)21-15(20(25)26)8-13-6-4-3-5-7-13/h3-7,11-12,14-18H,8-10H2,1-2H3,(H,21,24)(H,25,26). The zero-order valence-corrected chi connectivity index (χ0v) is 15.6. The molecule has 2 aliphatic rings. The summed E-state index contributed by atoms with van der Waals surface area (Å²) in [5, 5.41) is 12.1. The van der Waals surface area contributed by atoms with E-state index in [4.69, 9.17) is 4.74 Å². The smallest absolute Gasteiger partial charge is 0.326 e. The lowest BCUT2D eigenvalue weighted by atomic mass is 9.93. The van der Waals surface area contributed by atoms with Crippen LogP contribution in [0, 0.1) is 11.8 Å². The van der Waals surface area contributed by atoms with Crippen molar-refractivity contribution in [2.24, 2.45) is 11.8 Å². The fourth-order valence-corrected chi connectivity index (χ4v) is 4.18. The quantitative estimate of drug-likeness (QED) is 0.631. The maximum atomic E-state index is 12.7. The predicted octanol–water partition coefficient (Wildman–Crippen LogP) is 1.07. The maximum Gasteiger partial charge on any atom is 0.326 e. The molecule has 0 aromatic heterocycles. The molecule has 27 heavy (non-hydrogen) atoms. The molecule has 6 unspecified atom stereocenters. The molecule has 2 amide bonds. The van der Waals surface area contributed by atoms with Crippen molar-refractivity contribution in [2.75, 3.05) is 7.11 Å². The van der Waals surface area contributed by atoms with Crippen LogP contribution in [-0.2, 0) is 25.5 Å². The molecule has 1 aromatic carbocycles. The second kappa shape index (κ2) is 8.08. The molecule has 1 heterocycles. The summed E-state index contributed by atoms with van der Waals surface area (Å²) in [5.74, 6) is -1.53. The lowest BCUT2D eigenvalue weighted by Gasteiger charge is -2.34. The van der Waals surface area contributed by atoms with Crippen molar-refractivity contribution >= 4 is 18.3 Å². The third kappa shape index (κ3) is 4.13. The van der Waals surface area contributed by atoms with Crippen LogP contribution in [0.5, 0.6) is 0 Å². The molecule has 6 atom stereocenters. The first-order chi connectivity index (χ1) is 13.0. The van der Waals surface area contributed by atoms with Gasteiger partial charge in [0.2, 0.25) is 12.3 Å². The van der Waals surface area contributed by atoms with Crippen LogP contribution in [0.3, 0.4) is 0 Å². The van der Waals surface area contributed by atoms with E-state index in [-0.39, 0.29) is 24.4 Å². The number of rotatable bonds is 9. The molecular weight excluding hydrogens is 348 g/mol. The molecule has 7 nitrogen and oxygen atoms in total. The number of likely N-dealkylation sites (tertiary alicyclic amines) is 1. The topological polar surface area (TPSA) is 95.9 Å². The Morgan fingerprint density at radius 2 is 2.04 bits per heavy atom. The number of hydrogen-bond acceptors (Lipinski definition) is 4. The first kappa shape index (κ1) is 19.4. The number of fused-ring (bicyclic) bond motifs is 1.